The van der Waals surface area contributed by atoms with Crippen molar-refractivity contribution in [3.8, 4) is 11.1 Å². The Kier molecular flexibility index (Phi) is 4.11. The molecule has 0 N–H and O–H groups in total. The summed E-state index contributed by atoms with van der Waals surface area (Å²) in [6, 6.07) is 14.5. The van der Waals surface area contributed by atoms with Crippen LogP contribution in [0.1, 0.15) is 18.2 Å². The van der Waals surface area contributed by atoms with E-state index in [4.69, 9.17) is 4.74 Å². The molecule has 0 saturated carbocycles. The number of hydrogen-bond donors (Lipinski definition) is 0. The Morgan fingerprint density at radius 1 is 1.13 bits per heavy atom. The van der Waals surface area contributed by atoms with E-state index in [1.165, 1.54) is 6.07 Å². The van der Waals surface area contributed by atoms with Gasteiger partial charge in [-0.2, -0.15) is 0 Å². The van der Waals surface area contributed by atoms with Crippen LogP contribution in [0.25, 0.3) is 27.8 Å². The molecule has 2 aromatic carbocycles. The fourth-order valence-corrected chi connectivity index (χ4v) is 2.69. The summed E-state index contributed by atoms with van der Waals surface area (Å²) in [6.45, 7) is 8.33. The van der Waals surface area contributed by atoms with Crippen LogP contribution >= 0.6 is 0 Å². The number of hydrogen-bond acceptors (Lipinski definition) is 2. The SMILES string of the molecule is C=C(OCC)c1ccc2nc(C)cc(-c3ccccc3F)c2c1. The molecular formula is C20H18FNO. The second-order valence-electron chi connectivity index (χ2n) is 5.38. The fourth-order valence-electron chi connectivity index (χ4n) is 2.69. The zero-order valence-electron chi connectivity index (χ0n) is 13.3. The molecule has 3 rings (SSSR count). The summed E-state index contributed by atoms with van der Waals surface area (Å²) in [7, 11) is 0. The molecule has 1 aromatic heterocycles. The smallest absolute Gasteiger partial charge is 0.131 e. The molecule has 2 nitrogen and oxygen atoms in total. The van der Waals surface area contributed by atoms with Gasteiger partial charge in [0.1, 0.15) is 11.6 Å². The van der Waals surface area contributed by atoms with E-state index in [1.807, 2.05) is 44.2 Å². The lowest BCUT2D eigenvalue weighted by molar-refractivity contribution is 0.299. The summed E-state index contributed by atoms with van der Waals surface area (Å²) in [6.07, 6.45) is 0. The molecule has 116 valence electrons. The van der Waals surface area contributed by atoms with Crippen molar-refractivity contribution < 1.29 is 9.13 Å². The molecule has 1 heterocycles. The number of nitrogens with zero attached hydrogens (tertiary/aromatic N) is 1. The number of aromatic nitrogens is 1. The average Bonchev–Trinajstić information content (AvgIpc) is 2.54. The van der Waals surface area contributed by atoms with Crippen molar-refractivity contribution >= 4 is 16.7 Å². The molecular weight excluding hydrogens is 289 g/mol. The standard InChI is InChI=1S/C20H18FNO/c1-4-23-14(3)15-9-10-20-18(12-15)17(11-13(2)22-20)16-7-5-6-8-19(16)21/h5-12H,3-4H2,1-2H3. The van der Waals surface area contributed by atoms with Gasteiger partial charge < -0.3 is 4.74 Å². The highest BCUT2D eigenvalue weighted by Gasteiger charge is 2.12. The van der Waals surface area contributed by atoms with Gasteiger partial charge in [-0.15, -0.1) is 0 Å². The predicted octanol–water partition coefficient (Wildman–Crippen LogP) is 5.36. The lowest BCUT2D eigenvalue weighted by Gasteiger charge is -2.12. The monoisotopic (exact) mass is 307 g/mol. The Morgan fingerprint density at radius 3 is 2.65 bits per heavy atom. The number of fused-ring (bicyclic) bond motifs is 1. The molecule has 0 aliphatic heterocycles. The first-order valence-corrected chi connectivity index (χ1v) is 7.58. The lowest BCUT2D eigenvalue weighted by atomic mass is 9.98. The van der Waals surface area contributed by atoms with Crippen molar-refractivity contribution in [1.82, 2.24) is 4.98 Å². The van der Waals surface area contributed by atoms with Crippen molar-refractivity contribution in [2.75, 3.05) is 6.61 Å². The Balaban J connectivity index is 2.26. The maximum atomic E-state index is 14.3. The van der Waals surface area contributed by atoms with Gasteiger partial charge in [0.2, 0.25) is 0 Å². The molecule has 23 heavy (non-hydrogen) atoms. The van der Waals surface area contributed by atoms with Crippen LogP contribution in [0, 0.1) is 12.7 Å². The molecule has 0 aliphatic carbocycles. The van der Waals surface area contributed by atoms with Gasteiger partial charge in [-0.1, -0.05) is 24.8 Å². The number of rotatable bonds is 4. The minimum absolute atomic E-state index is 0.242. The Bertz CT molecular complexity index is 886. The van der Waals surface area contributed by atoms with E-state index in [0.717, 1.165) is 27.7 Å². The molecule has 3 heteroatoms. The van der Waals surface area contributed by atoms with Crippen molar-refractivity contribution in [2.45, 2.75) is 13.8 Å². The third-order valence-corrected chi connectivity index (χ3v) is 3.74. The molecule has 0 spiro atoms. The van der Waals surface area contributed by atoms with Crippen molar-refractivity contribution in [3.63, 3.8) is 0 Å². The minimum atomic E-state index is -0.242. The zero-order chi connectivity index (χ0) is 16.4. The van der Waals surface area contributed by atoms with Gasteiger partial charge in [0.25, 0.3) is 0 Å². The number of aryl methyl sites for hydroxylation is 1. The molecule has 0 radical (unpaired) electrons. The van der Waals surface area contributed by atoms with Gasteiger partial charge in [0.15, 0.2) is 0 Å². The van der Waals surface area contributed by atoms with Crippen LogP contribution in [0.15, 0.2) is 55.1 Å². The van der Waals surface area contributed by atoms with Crippen molar-refractivity contribution in [2.24, 2.45) is 0 Å². The maximum absolute atomic E-state index is 14.3. The van der Waals surface area contributed by atoms with Crippen molar-refractivity contribution in [3.05, 3.63) is 72.2 Å². The van der Waals surface area contributed by atoms with Gasteiger partial charge in [-0.05, 0) is 49.7 Å². The van der Waals surface area contributed by atoms with E-state index < -0.39 is 0 Å². The summed E-state index contributed by atoms with van der Waals surface area (Å²) in [5, 5.41) is 0.888. The summed E-state index contributed by atoms with van der Waals surface area (Å²) in [4.78, 5) is 4.54. The highest BCUT2D eigenvalue weighted by atomic mass is 19.1. The largest absolute Gasteiger partial charge is 0.494 e. The van der Waals surface area contributed by atoms with Crippen LogP contribution in [0.2, 0.25) is 0 Å². The first-order valence-electron chi connectivity index (χ1n) is 7.58. The maximum Gasteiger partial charge on any atom is 0.131 e. The molecule has 0 atom stereocenters. The van der Waals surface area contributed by atoms with Crippen LogP contribution in [0.5, 0.6) is 0 Å². The van der Waals surface area contributed by atoms with Crippen LogP contribution < -0.4 is 0 Å². The summed E-state index contributed by atoms with van der Waals surface area (Å²) in [5.41, 5.74) is 3.96. The highest BCUT2D eigenvalue weighted by molar-refractivity contribution is 5.96. The van der Waals surface area contributed by atoms with Gasteiger partial charge in [0.05, 0.1) is 12.1 Å². The average molecular weight is 307 g/mol. The van der Waals surface area contributed by atoms with E-state index in [0.29, 0.717) is 17.9 Å². The quantitative estimate of drug-likeness (QED) is 0.606. The summed E-state index contributed by atoms with van der Waals surface area (Å²) < 4.78 is 19.7. The first-order chi connectivity index (χ1) is 11.1. The van der Waals surface area contributed by atoms with Crippen LogP contribution in [-0.2, 0) is 4.74 Å². The van der Waals surface area contributed by atoms with E-state index in [2.05, 4.69) is 11.6 Å². The van der Waals surface area contributed by atoms with Gasteiger partial charge >= 0.3 is 0 Å². The van der Waals surface area contributed by atoms with Gasteiger partial charge in [0, 0.05) is 22.2 Å². The molecule has 0 fully saturated rings. The second kappa shape index (κ2) is 6.21. The van der Waals surface area contributed by atoms with Crippen molar-refractivity contribution in [1.29, 1.82) is 0 Å². The van der Waals surface area contributed by atoms with Crippen LogP contribution in [0.4, 0.5) is 4.39 Å². The molecule has 0 saturated heterocycles. The Hall–Kier alpha value is -2.68. The first kappa shape index (κ1) is 15.2. The number of benzene rings is 2. The van der Waals surface area contributed by atoms with E-state index >= 15 is 0 Å². The fraction of sp³-hybridized carbons (Fsp3) is 0.150. The third-order valence-electron chi connectivity index (χ3n) is 3.74. The number of pyridine rings is 1. The number of ether oxygens (including phenoxy) is 1. The van der Waals surface area contributed by atoms with Crippen LogP contribution in [-0.4, -0.2) is 11.6 Å². The Morgan fingerprint density at radius 2 is 1.91 bits per heavy atom. The minimum Gasteiger partial charge on any atom is -0.494 e. The molecule has 3 aromatic rings. The molecule has 0 unspecified atom stereocenters. The van der Waals surface area contributed by atoms with Crippen LogP contribution in [0.3, 0.4) is 0 Å². The Labute approximate surface area is 135 Å². The highest BCUT2D eigenvalue weighted by Crippen LogP contribution is 2.32. The zero-order valence-corrected chi connectivity index (χ0v) is 13.3. The topological polar surface area (TPSA) is 22.1 Å². The summed E-state index contributed by atoms with van der Waals surface area (Å²) in [5.74, 6) is 0.364. The molecule has 0 bridgehead atoms. The molecule has 0 amide bonds. The second-order valence-corrected chi connectivity index (χ2v) is 5.38. The molecule has 0 aliphatic rings. The normalized spacial score (nSPS) is 10.7. The third kappa shape index (κ3) is 2.95. The van der Waals surface area contributed by atoms with Gasteiger partial charge in [-0.3, -0.25) is 4.98 Å². The van der Waals surface area contributed by atoms with E-state index in [9.17, 15) is 4.39 Å². The predicted molar refractivity (Wildman–Crippen MR) is 92.5 cm³/mol. The van der Waals surface area contributed by atoms with E-state index in [1.54, 1.807) is 12.1 Å². The van der Waals surface area contributed by atoms with E-state index in [-0.39, 0.29) is 5.82 Å². The summed E-state index contributed by atoms with van der Waals surface area (Å²) >= 11 is 0. The number of halogens is 1. The van der Waals surface area contributed by atoms with Gasteiger partial charge in [-0.25, -0.2) is 4.39 Å². The lowest BCUT2D eigenvalue weighted by Crippen LogP contribution is -1.94.